The van der Waals surface area contributed by atoms with E-state index in [0.29, 0.717) is 5.56 Å². The number of ether oxygens (including phenoxy) is 4. The highest BCUT2D eigenvalue weighted by Crippen LogP contribution is 2.33. The molecule has 9 heteroatoms. The van der Waals surface area contributed by atoms with E-state index in [0.717, 1.165) is 0 Å². The highest BCUT2D eigenvalue weighted by Gasteiger charge is 2.29. The third kappa shape index (κ3) is 9.97. The molecule has 0 aliphatic rings. The summed E-state index contributed by atoms with van der Waals surface area (Å²) in [6.45, 7) is 15.9. The van der Waals surface area contributed by atoms with E-state index in [1.54, 1.807) is 74.4 Å². The van der Waals surface area contributed by atoms with Gasteiger partial charge in [0.2, 0.25) is 0 Å². The van der Waals surface area contributed by atoms with E-state index in [2.05, 4.69) is 5.32 Å². The third-order valence-corrected chi connectivity index (χ3v) is 4.90. The fraction of sp³-hybridized carbons (Fsp3) is 0.630. The minimum Gasteiger partial charge on any atom is -0.468 e. The third-order valence-electron chi connectivity index (χ3n) is 4.90. The summed E-state index contributed by atoms with van der Waals surface area (Å²) in [5.41, 5.74) is -1.54. The maximum absolute atomic E-state index is 12.6. The molecular formula is C27H41NO8. The van der Waals surface area contributed by atoms with Crippen molar-refractivity contribution in [3.63, 3.8) is 0 Å². The molecule has 0 unspecified atom stereocenters. The first kappa shape index (κ1) is 31.1. The Morgan fingerprint density at radius 3 is 1.75 bits per heavy atom. The van der Waals surface area contributed by atoms with Crippen molar-refractivity contribution in [3.05, 3.63) is 23.8 Å². The van der Waals surface area contributed by atoms with Gasteiger partial charge in [-0.25, -0.2) is 0 Å². The summed E-state index contributed by atoms with van der Waals surface area (Å²) in [6, 6.07) is 4.02. The number of hydrogen-bond acceptors (Lipinski definition) is 9. The van der Waals surface area contributed by atoms with Gasteiger partial charge in [0.1, 0.15) is 12.6 Å². The van der Waals surface area contributed by atoms with E-state index in [1.165, 1.54) is 13.2 Å². The zero-order valence-corrected chi connectivity index (χ0v) is 23.2. The molecular weight excluding hydrogens is 466 g/mol. The molecule has 1 atom stereocenters. The lowest BCUT2D eigenvalue weighted by molar-refractivity contribution is -0.152. The summed E-state index contributed by atoms with van der Waals surface area (Å²) in [6.07, 6.45) is 0.188. The second-order valence-corrected chi connectivity index (χ2v) is 11.7. The van der Waals surface area contributed by atoms with Crippen molar-refractivity contribution in [2.45, 2.75) is 74.8 Å². The largest absolute Gasteiger partial charge is 0.468 e. The van der Waals surface area contributed by atoms with Gasteiger partial charge in [-0.15, -0.1) is 0 Å². The van der Waals surface area contributed by atoms with Crippen molar-refractivity contribution >= 4 is 23.9 Å². The topological polar surface area (TPSA) is 117 Å². The van der Waals surface area contributed by atoms with Crippen molar-refractivity contribution in [2.75, 3.05) is 20.3 Å². The minimum atomic E-state index is -0.790. The Labute approximate surface area is 214 Å². The summed E-state index contributed by atoms with van der Waals surface area (Å²) in [7, 11) is 1.28. The van der Waals surface area contributed by atoms with Gasteiger partial charge in [0.25, 0.3) is 0 Å². The first-order valence-corrected chi connectivity index (χ1v) is 11.9. The molecule has 0 saturated heterocycles. The van der Waals surface area contributed by atoms with E-state index in [-0.39, 0.29) is 37.0 Å². The van der Waals surface area contributed by atoms with Gasteiger partial charge in [-0.3, -0.25) is 19.2 Å². The van der Waals surface area contributed by atoms with Gasteiger partial charge in [0, 0.05) is 6.54 Å². The van der Waals surface area contributed by atoms with Crippen molar-refractivity contribution in [3.8, 4) is 11.5 Å². The molecule has 0 amide bonds. The SMILES string of the molecule is COC(=O)[C@H](Cc1ccc(OC(=O)C(C)(C)C)c(OC(=O)C(C)(C)C)c1)NCCOC(=O)C(C)(C)C. The molecule has 1 aromatic rings. The molecule has 0 radical (unpaired) electrons. The van der Waals surface area contributed by atoms with Crippen LogP contribution in [-0.2, 0) is 35.1 Å². The van der Waals surface area contributed by atoms with E-state index in [9.17, 15) is 19.2 Å². The lowest BCUT2D eigenvalue weighted by Crippen LogP contribution is -2.41. The number of carbonyl (C=O) groups excluding carboxylic acids is 4. The van der Waals surface area contributed by atoms with Crippen LogP contribution in [0.25, 0.3) is 0 Å². The molecule has 0 spiro atoms. The normalized spacial score (nSPS) is 12.9. The van der Waals surface area contributed by atoms with Crippen molar-refractivity contribution in [2.24, 2.45) is 16.2 Å². The number of rotatable bonds is 9. The van der Waals surface area contributed by atoms with Crippen LogP contribution in [-0.4, -0.2) is 50.2 Å². The highest BCUT2D eigenvalue weighted by molar-refractivity contribution is 5.81. The highest BCUT2D eigenvalue weighted by atomic mass is 16.6. The number of benzene rings is 1. The predicted molar refractivity (Wildman–Crippen MR) is 135 cm³/mol. The maximum Gasteiger partial charge on any atom is 0.323 e. The maximum atomic E-state index is 12.6. The molecule has 0 saturated carbocycles. The molecule has 1 rings (SSSR count). The van der Waals surface area contributed by atoms with Crippen LogP contribution in [0.4, 0.5) is 0 Å². The molecule has 1 aromatic carbocycles. The van der Waals surface area contributed by atoms with E-state index in [1.807, 2.05) is 0 Å². The molecule has 0 aliphatic carbocycles. The van der Waals surface area contributed by atoms with Gasteiger partial charge in [0.15, 0.2) is 11.5 Å². The monoisotopic (exact) mass is 507 g/mol. The molecule has 1 N–H and O–H groups in total. The zero-order valence-electron chi connectivity index (χ0n) is 23.2. The van der Waals surface area contributed by atoms with Crippen LogP contribution in [0.3, 0.4) is 0 Å². The van der Waals surface area contributed by atoms with Gasteiger partial charge in [-0.05, 0) is 86.4 Å². The molecule has 0 bridgehead atoms. The Morgan fingerprint density at radius 2 is 1.28 bits per heavy atom. The number of carbonyl (C=O) groups is 4. The molecule has 0 heterocycles. The molecule has 0 aliphatic heterocycles. The Balaban J connectivity index is 3.11. The quantitative estimate of drug-likeness (QED) is 0.302. The van der Waals surface area contributed by atoms with E-state index >= 15 is 0 Å². The lowest BCUT2D eigenvalue weighted by Gasteiger charge is -2.22. The van der Waals surface area contributed by atoms with E-state index < -0.39 is 40.2 Å². The summed E-state index contributed by atoms with van der Waals surface area (Å²) < 4.78 is 21.2. The Bertz CT molecular complexity index is 948. The molecule has 36 heavy (non-hydrogen) atoms. The van der Waals surface area contributed by atoms with Crippen molar-refractivity contribution in [1.29, 1.82) is 0 Å². The summed E-state index contributed by atoms with van der Waals surface area (Å²) in [4.78, 5) is 49.3. The van der Waals surface area contributed by atoms with E-state index in [4.69, 9.17) is 18.9 Å². The van der Waals surface area contributed by atoms with Gasteiger partial charge in [-0.1, -0.05) is 6.07 Å². The van der Waals surface area contributed by atoms with Crippen LogP contribution in [0, 0.1) is 16.2 Å². The van der Waals surface area contributed by atoms with Crippen LogP contribution in [0.1, 0.15) is 67.9 Å². The van der Waals surface area contributed by atoms with Crippen LogP contribution in [0.5, 0.6) is 11.5 Å². The van der Waals surface area contributed by atoms with Gasteiger partial charge < -0.3 is 24.3 Å². The summed E-state index contributed by atoms with van der Waals surface area (Å²) >= 11 is 0. The molecule has 0 aromatic heterocycles. The first-order chi connectivity index (χ1) is 16.4. The molecule has 0 fully saturated rings. The average molecular weight is 508 g/mol. The van der Waals surface area contributed by atoms with Crippen molar-refractivity contribution < 1.29 is 38.1 Å². The summed E-state index contributed by atoms with van der Waals surface area (Å²) in [5.74, 6) is -1.66. The number of nitrogens with one attached hydrogen (secondary N) is 1. The predicted octanol–water partition coefficient (Wildman–Crippen LogP) is 3.85. The smallest absolute Gasteiger partial charge is 0.323 e. The molecule has 202 valence electrons. The Morgan fingerprint density at radius 1 is 0.778 bits per heavy atom. The second kappa shape index (κ2) is 12.3. The Hall–Kier alpha value is -2.94. The number of esters is 4. The van der Waals surface area contributed by atoms with Gasteiger partial charge >= 0.3 is 23.9 Å². The Kier molecular flexibility index (Phi) is 10.7. The number of methoxy groups -OCH3 is 1. The zero-order chi connectivity index (χ0) is 27.9. The van der Waals surface area contributed by atoms with Crippen LogP contribution < -0.4 is 14.8 Å². The van der Waals surface area contributed by atoms with Gasteiger partial charge in [0.05, 0.1) is 23.4 Å². The average Bonchev–Trinajstić information content (AvgIpc) is 2.74. The van der Waals surface area contributed by atoms with Crippen LogP contribution >= 0.6 is 0 Å². The summed E-state index contributed by atoms with van der Waals surface area (Å²) in [5, 5.41) is 3.03. The van der Waals surface area contributed by atoms with Gasteiger partial charge in [-0.2, -0.15) is 0 Å². The second-order valence-electron chi connectivity index (χ2n) is 11.7. The standard InChI is InChI=1S/C27H41NO8/c1-25(2,3)22(30)34-14-13-28-18(21(29)33-10)15-17-11-12-19(35-23(31)26(4,5)6)20(16-17)36-24(32)27(7,8)9/h11-12,16,18,28H,13-15H2,1-10H3/t18-/m0/s1. The minimum absolute atomic E-state index is 0.0766. The molecule has 9 nitrogen and oxygen atoms in total. The fourth-order valence-corrected chi connectivity index (χ4v) is 2.56. The van der Waals surface area contributed by atoms with Crippen LogP contribution in [0.15, 0.2) is 18.2 Å². The first-order valence-electron chi connectivity index (χ1n) is 11.9. The van der Waals surface area contributed by atoms with Crippen LogP contribution in [0.2, 0.25) is 0 Å². The van der Waals surface area contributed by atoms with Crippen molar-refractivity contribution in [1.82, 2.24) is 5.32 Å². The number of hydrogen-bond donors (Lipinski definition) is 1. The lowest BCUT2D eigenvalue weighted by atomic mass is 9.97. The fourth-order valence-electron chi connectivity index (χ4n) is 2.56.